The Hall–Kier alpha value is -0.860. The van der Waals surface area contributed by atoms with E-state index >= 15 is 0 Å². The summed E-state index contributed by atoms with van der Waals surface area (Å²) in [5.41, 5.74) is 3.44. The molecule has 1 N–H and O–H groups in total. The van der Waals surface area contributed by atoms with E-state index in [0.29, 0.717) is 11.5 Å². The highest BCUT2D eigenvalue weighted by Crippen LogP contribution is 2.37. The molecule has 2 heteroatoms. The van der Waals surface area contributed by atoms with E-state index in [1.807, 2.05) is 0 Å². The zero-order valence-corrected chi connectivity index (χ0v) is 12.3. The second-order valence-electron chi connectivity index (χ2n) is 6.37. The van der Waals surface area contributed by atoms with E-state index in [1.54, 1.807) is 5.56 Å². The van der Waals surface area contributed by atoms with Gasteiger partial charge in [0.2, 0.25) is 0 Å². The van der Waals surface area contributed by atoms with Gasteiger partial charge in [0.25, 0.3) is 0 Å². The monoisotopic (exact) mass is 258 g/mol. The molecule has 2 nitrogen and oxygen atoms in total. The lowest BCUT2D eigenvalue weighted by molar-refractivity contribution is 0.128. The topological polar surface area (TPSA) is 15.3 Å². The molecule has 2 aliphatic rings. The summed E-state index contributed by atoms with van der Waals surface area (Å²) in [4.78, 5) is 2.58. The highest BCUT2D eigenvalue weighted by molar-refractivity contribution is 5.32. The molecule has 0 radical (unpaired) electrons. The van der Waals surface area contributed by atoms with Crippen LogP contribution in [0.25, 0.3) is 0 Å². The van der Waals surface area contributed by atoms with Gasteiger partial charge in [-0.3, -0.25) is 0 Å². The van der Waals surface area contributed by atoms with E-state index < -0.39 is 0 Å². The van der Waals surface area contributed by atoms with Crippen molar-refractivity contribution in [3.8, 4) is 0 Å². The SMILES string of the molecule is CCN1CCC2(CC1)CC(C)c1ccccc1CN2. The minimum Gasteiger partial charge on any atom is -0.307 e. The van der Waals surface area contributed by atoms with Crippen LogP contribution in [0.1, 0.15) is 50.2 Å². The molecule has 1 atom stereocenters. The Morgan fingerprint density at radius 1 is 1.26 bits per heavy atom. The first-order valence-electron chi connectivity index (χ1n) is 7.78. The van der Waals surface area contributed by atoms with Gasteiger partial charge < -0.3 is 10.2 Å². The molecule has 3 rings (SSSR count). The predicted molar refractivity (Wildman–Crippen MR) is 80.4 cm³/mol. The van der Waals surface area contributed by atoms with Gasteiger partial charge in [0.15, 0.2) is 0 Å². The van der Waals surface area contributed by atoms with Gasteiger partial charge in [-0.2, -0.15) is 0 Å². The average Bonchev–Trinajstić information content (AvgIpc) is 2.59. The van der Waals surface area contributed by atoms with Gasteiger partial charge in [-0.05, 0) is 55.9 Å². The van der Waals surface area contributed by atoms with Crippen LogP contribution in [0, 0.1) is 0 Å². The van der Waals surface area contributed by atoms with Crippen LogP contribution in [0.2, 0.25) is 0 Å². The molecule has 1 fully saturated rings. The van der Waals surface area contributed by atoms with Gasteiger partial charge in [0.05, 0.1) is 0 Å². The molecule has 1 unspecified atom stereocenters. The summed E-state index contributed by atoms with van der Waals surface area (Å²) in [5.74, 6) is 0.680. The van der Waals surface area contributed by atoms with Gasteiger partial charge in [0, 0.05) is 12.1 Å². The third-order valence-electron chi connectivity index (χ3n) is 5.20. The lowest BCUT2D eigenvalue weighted by Crippen LogP contribution is -2.52. The van der Waals surface area contributed by atoms with Crippen LogP contribution in [-0.2, 0) is 6.54 Å². The van der Waals surface area contributed by atoms with Crippen LogP contribution in [0.3, 0.4) is 0 Å². The van der Waals surface area contributed by atoms with Crippen molar-refractivity contribution in [1.82, 2.24) is 10.2 Å². The van der Waals surface area contributed by atoms with E-state index in [1.165, 1.54) is 44.5 Å². The number of rotatable bonds is 1. The van der Waals surface area contributed by atoms with Crippen molar-refractivity contribution < 1.29 is 0 Å². The van der Waals surface area contributed by atoms with Gasteiger partial charge in [-0.25, -0.2) is 0 Å². The average molecular weight is 258 g/mol. The molecule has 0 bridgehead atoms. The fourth-order valence-corrected chi connectivity index (χ4v) is 3.91. The summed E-state index contributed by atoms with van der Waals surface area (Å²) in [7, 11) is 0. The van der Waals surface area contributed by atoms with Crippen molar-refractivity contribution in [2.24, 2.45) is 0 Å². The highest BCUT2D eigenvalue weighted by atomic mass is 15.1. The number of fused-ring (bicyclic) bond motifs is 1. The van der Waals surface area contributed by atoms with Crippen LogP contribution < -0.4 is 5.32 Å². The summed E-state index contributed by atoms with van der Waals surface area (Å²) in [6.07, 6.45) is 3.90. The lowest BCUT2D eigenvalue weighted by atomic mass is 9.79. The van der Waals surface area contributed by atoms with E-state index in [2.05, 4.69) is 48.3 Å². The molecular formula is C17H26N2. The Labute approximate surface area is 117 Å². The number of nitrogens with one attached hydrogen (secondary N) is 1. The zero-order chi connectivity index (χ0) is 13.3. The quantitative estimate of drug-likeness (QED) is 0.832. The van der Waals surface area contributed by atoms with E-state index in [-0.39, 0.29) is 0 Å². The van der Waals surface area contributed by atoms with Crippen molar-refractivity contribution in [2.75, 3.05) is 19.6 Å². The van der Waals surface area contributed by atoms with E-state index in [0.717, 1.165) is 6.54 Å². The molecule has 104 valence electrons. The van der Waals surface area contributed by atoms with Gasteiger partial charge in [0.1, 0.15) is 0 Å². The van der Waals surface area contributed by atoms with Crippen molar-refractivity contribution in [3.63, 3.8) is 0 Å². The molecule has 2 heterocycles. The minimum atomic E-state index is 0.379. The predicted octanol–water partition coefficient (Wildman–Crippen LogP) is 3.14. The Kier molecular flexibility index (Phi) is 3.64. The summed E-state index contributed by atoms with van der Waals surface area (Å²) < 4.78 is 0. The van der Waals surface area contributed by atoms with Gasteiger partial charge >= 0.3 is 0 Å². The molecule has 1 aromatic rings. The largest absolute Gasteiger partial charge is 0.307 e. The fourth-order valence-electron chi connectivity index (χ4n) is 3.91. The second-order valence-corrected chi connectivity index (χ2v) is 6.37. The van der Waals surface area contributed by atoms with Crippen LogP contribution in [0.4, 0.5) is 0 Å². The Balaban J connectivity index is 1.78. The molecular weight excluding hydrogens is 232 g/mol. The Morgan fingerprint density at radius 3 is 2.74 bits per heavy atom. The number of likely N-dealkylation sites (tertiary alicyclic amines) is 1. The number of hydrogen-bond acceptors (Lipinski definition) is 2. The highest BCUT2D eigenvalue weighted by Gasteiger charge is 2.37. The van der Waals surface area contributed by atoms with E-state index in [4.69, 9.17) is 0 Å². The zero-order valence-electron chi connectivity index (χ0n) is 12.3. The van der Waals surface area contributed by atoms with E-state index in [9.17, 15) is 0 Å². The minimum absolute atomic E-state index is 0.379. The van der Waals surface area contributed by atoms with Crippen LogP contribution in [-0.4, -0.2) is 30.1 Å². The summed E-state index contributed by atoms with van der Waals surface area (Å²) in [5, 5.41) is 3.90. The second kappa shape index (κ2) is 5.26. The molecule has 0 aliphatic carbocycles. The summed E-state index contributed by atoms with van der Waals surface area (Å²) in [6, 6.07) is 8.97. The standard InChI is InChI=1S/C17H26N2/c1-3-19-10-8-17(9-11-19)12-14(2)16-7-5-4-6-15(16)13-18-17/h4-7,14,18H,3,8-13H2,1-2H3. The van der Waals surface area contributed by atoms with Crippen LogP contribution in [0.5, 0.6) is 0 Å². The maximum Gasteiger partial charge on any atom is 0.0214 e. The normalized spacial score (nSPS) is 26.9. The van der Waals surface area contributed by atoms with Crippen LogP contribution >= 0.6 is 0 Å². The summed E-state index contributed by atoms with van der Waals surface area (Å²) >= 11 is 0. The maximum absolute atomic E-state index is 3.90. The molecule has 2 aliphatic heterocycles. The van der Waals surface area contributed by atoms with Gasteiger partial charge in [-0.1, -0.05) is 38.1 Å². The molecule has 1 saturated heterocycles. The molecule has 0 amide bonds. The first-order valence-corrected chi connectivity index (χ1v) is 7.78. The van der Waals surface area contributed by atoms with Crippen molar-refractivity contribution in [2.45, 2.75) is 51.1 Å². The van der Waals surface area contributed by atoms with Crippen molar-refractivity contribution in [3.05, 3.63) is 35.4 Å². The first-order chi connectivity index (χ1) is 9.22. The number of hydrogen-bond donors (Lipinski definition) is 1. The number of piperidine rings is 1. The van der Waals surface area contributed by atoms with Gasteiger partial charge in [-0.15, -0.1) is 0 Å². The Bertz CT molecular complexity index is 433. The molecule has 0 aromatic heterocycles. The first kappa shape index (κ1) is 13.1. The third kappa shape index (κ3) is 2.56. The van der Waals surface area contributed by atoms with Crippen LogP contribution in [0.15, 0.2) is 24.3 Å². The smallest absolute Gasteiger partial charge is 0.0214 e. The maximum atomic E-state index is 3.90. The molecule has 0 saturated carbocycles. The van der Waals surface area contributed by atoms with Crippen molar-refractivity contribution >= 4 is 0 Å². The number of nitrogens with zero attached hydrogens (tertiary/aromatic N) is 1. The summed E-state index contributed by atoms with van der Waals surface area (Å²) in [6.45, 7) is 9.44. The lowest BCUT2D eigenvalue weighted by Gasteiger charge is -2.42. The Morgan fingerprint density at radius 2 is 2.00 bits per heavy atom. The number of benzene rings is 1. The van der Waals surface area contributed by atoms with Crippen molar-refractivity contribution in [1.29, 1.82) is 0 Å². The molecule has 1 spiro atoms. The fraction of sp³-hybridized carbons (Fsp3) is 0.647. The third-order valence-corrected chi connectivity index (χ3v) is 5.20. The molecule has 19 heavy (non-hydrogen) atoms. The molecule has 1 aromatic carbocycles.